The molecule has 2 aliphatic rings. The SMILES string of the molecule is CC(C)N1CCC(CN2CC(CO)CC2=O)C1. The predicted octanol–water partition coefficient (Wildman–Crippen LogP) is 0.557. The zero-order valence-corrected chi connectivity index (χ0v) is 10.9. The van der Waals surface area contributed by atoms with Crippen LogP contribution in [0.3, 0.4) is 0 Å². The lowest BCUT2D eigenvalue weighted by atomic mass is 10.1. The minimum Gasteiger partial charge on any atom is -0.396 e. The molecule has 1 amide bonds. The molecular weight excluding hydrogens is 216 g/mol. The highest BCUT2D eigenvalue weighted by atomic mass is 16.3. The van der Waals surface area contributed by atoms with E-state index in [1.165, 1.54) is 6.42 Å². The summed E-state index contributed by atoms with van der Waals surface area (Å²) in [7, 11) is 0. The van der Waals surface area contributed by atoms with Crippen LogP contribution in [0.1, 0.15) is 26.7 Å². The number of rotatable bonds is 4. The van der Waals surface area contributed by atoms with Crippen molar-refractivity contribution in [1.29, 1.82) is 0 Å². The van der Waals surface area contributed by atoms with Gasteiger partial charge in [0.05, 0.1) is 0 Å². The van der Waals surface area contributed by atoms with Crippen LogP contribution in [0.25, 0.3) is 0 Å². The minimum absolute atomic E-state index is 0.144. The van der Waals surface area contributed by atoms with E-state index < -0.39 is 0 Å². The summed E-state index contributed by atoms with van der Waals surface area (Å²) in [6.45, 7) is 8.52. The fraction of sp³-hybridized carbons (Fsp3) is 0.923. The fourth-order valence-electron chi connectivity index (χ4n) is 2.95. The Morgan fingerprint density at radius 1 is 1.35 bits per heavy atom. The third kappa shape index (κ3) is 2.99. The molecule has 2 saturated heterocycles. The molecule has 0 bridgehead atoms. The van der Waals surface area contributed by atoms with Gasteiger partial charge in [-0.1, -0.05) is 0 Å². The maximum absolute atomic E-state index is 11.7. The smallest absolute Gasteiger partial charge is 0.223 e. The summed E-state index contributed by atoms with van der Waals surface area (Å²) >= 11 is 0. The molecule has 4 heteroatoms. The van der Waals surface area contributed by atoms with Gasteiger partial charge in [-0.2, -0.15) is 0 Å². The first-order valence-corrected chi connectivity index (χ1v) is 6.72. The van der Waals surface area contributed by atoms with Gasteiger partial charge in [-0.25, -0.2) is 0 Å². The van der Waals surface area contributed by atoms with E-state index in [2.05, 4.69) is 18.7 Å². The maximum atomic E-state index is 11.7. The van der Waals surface area contributed by atoms with E-state index in [4.69, 9.17) is 5.11 Å². The number of amides is 1. The van der Waals surface area contributed by atoms with E-state index in [-0.39, 0.29) is 18.4 Å². The standard InChI is InChI=1S/C13H24N2O2/c1-10(2)14-4-3-11(6-14)7-15-8-12(9-16)5-13(15)17/h10-12,16H,3-9H2,1-2H3. The summed E-state index contributed by atoms with van der Waals surface area (Å²) < 4.78 is 0. The Bertz CT molecular complexity index is 281. The number of carbonyl (C=O) groups is 1. The van der Waals surface area contributed by atoms with E-state index in [0.717, 1.165) is 26.2 Å². The van der Waals surface area contributed by atoms with Crippen molar-refractivity contribution in [2.45, 2.75) is 32.7 Å². The van der Waals surface area contributed by atoms with Crippen molar-refractivity contribution in [1.82, 2.24) is 9.80 Å². The Hall–Kier alpha value is -0.610. The summed E-state index contributed by atoms with van der Waals surface area (Å²) in [5.74, 6) is 1.02. The molecular formula is C13H24N2O2. The Morgan fingerprint density at radius 3 is 2.65 bits per heavy atom. The Balaban J connectivity index is 1.80. The van der Waals surface area contributed by atoms with Crippen LogP contribution in [-0.4, -0.2) is 59.6 Å². The first kappa shape index (κ1) is 12.8. The molecule has 0 aliphatic carbocycles. The lowest BCUT2D eigenvalue weighted by molar-refractivity contribution is -0.128. The number of aliphatic hydroxyl groups excluding tert-OH is 1. The van der Waals surface area contributed by atoms with Gasteiger partial charge in [0.25, 0.3) is 0 Å². The van der Waals surface area contributed by atoms with Crippen molar-refractivity contribution >= 4 is 5.91 Å². The zero-order valence-electron chi connectivity index (χ0n) is 10.9. The molecule has 2 unspecified atom stereocenters. The normalized spacial score (nSPS) is 30.8. The maximum Gasteiger partial charge on any atom is 0.223 e. The van der Waals surface area contributed by atoms with E-state index in [1.807, 2.05) is 4.90 Å². The average Bonchev–Trinajstić information content (AvgIpc) is 2.87. The van der Waals surface area contributed by atoms with Crippen molar-refractivity contribution in [3.05, 3.63) is 0 Å². The van der Waals surface area contributed by atoms with Crippen LogP contribution < -0.4 is 0 Å². The van der Waals surface area contributed by atoms with Gasteiger partial charge in [-0.15, -0.1) is 0 Å². The summed E-state index contributed by atoms with van der Waals surface area (Å²) in [6, 6.07) is 0.611. The number of carbonyl (C=O) groups excluding carboxylic acids is 1. The number of aliphatic hydroxyl groups is 1. The van der Waals surface area contributed by atoms with Crippen molar-refractivity contribution in [2.75, 3.05) is 32.8 Å². The third-order valence-electron chi connectivity index (χ3n) is 4.08. The predicted molar refractivity (Wildman–Crippen MR) is 66.6 cm³/mol. The van der Waals surface area contributed by atoms with Crippen LogP contribution in [0, 0.1) is 11.8 Å². The molecule has 4 nitrogen and oxygen atoms in total. The lowest BCUT2D eigenvalue weighted by Gasteiger charge is -2.23. The zero-order chi connectivity index (χ0) is 12.4. The molecule has 0 saturated carbocycles. The number of hydrogen-bond acceptors (Lipinski definition) is 3. The summed E-state index contributed by atoms with van der Waals surface area (Å²) in [5.41, 5.74) is 0. The summed E-state index contributed by atoms with van der Waals surface area (Å²) in [4.78, 5) is 16.2. The molecule has 17 heavy (non-hydrogen) atoms. The molecule has 0 aromatic carbocycles. The number of hydrogen-bond donors (Lipinski definition) is 1. The van der Waals surface area contributed by atoms with Crippen LogP contribution in [0.2, 0.25) is 0 Å². The van der Waals surface area contributed by atoms with Crippen LogP contribution in [-0.2, 0) is 4.79 Å². The van der Waals surface area contributed by atoms with Crippen LogP contribution >= 0.6 is 0 Å². The first-order chi connectivity index (χ1) is 8.10. The molecule has 1 N–H and O–H groups in total. The molecule has 2 heterocycles. The second-order valence-electron chi connectivity index (χ2n) is 5.79. The van der Waals surface area contributed by atoms with Crippen LogP contribution in [0.15, 0.2) is 0 Å². The highest BCUT2D eigenvalue weighted by Gasteiger charge is 2.32. The van der Waals surface area contributed by atoms with Crippen molar-refractivity contribution in [2.24, 2.45) is 11.8 Å². The largest absolute Gasteiger partial charge is 0.396 e. The van der Waals surface area contributed by atoms with Gasteiger partial charge in [0.15, 0.2) is 0 Å². The Morgan fingerprint density at radius 2 is 2.12 bits per heavy atom. The Labute approximate surface area is 104 Å². The molecule has 2 fully saturated rings. The van der Waals surface area contributed by atoms with Crippen molar-refractivity contribution in [3.63, 3.8) is 0 Å². The molecule has 0 radical (unpaired) electrons. The van der Waals surface area contributed by atoms with Gasteiger partial charge >= 0.3 is 0 Å². The molecule has 0 spiro atoms. The van der Waals surface area contributed by atoms with E-state index >= 15 is 0 Å². The lowest BCUT2D eigenvalue weighted by Crippen LogP contribution is -2.34. The molecule has 2 rings (SSSR count). The highest BCUT2D eigenvalue weighted by Crippen LogP contribution is 2.23. The van der Waals surface area contributed by atoms with Crippen molar-refractivity contribution in [3.8, 4) is 0 Å². The Kier molecular flexibility index (Phi) is 4.05. The molecule has 98 valence electrons. The first-order valence-electron chi connectivity index (χ1n) is 6.72. The minimum atomic E-state index is 0.144. The van der Waals surface area contributed by atoms with Crippen molar-refractivity contribution < 1.29 is 9.90 Å². The summed E-state index contributed by atoms with van der Waals surface area (Å²) in [6.07, 6.45) is 1.74. The van der Waals surface area contributed by atoms with E-state index in [9.17, 15) is 4.79 Å². The van der Waals surface area contributed by atoms with Gasteiger partial charge in [0.1, 0.15) is 0 Å². The molecule has 2 atom stereocenters. The van der Waals surface area contributed by atoms with Gasteiger partial charge in [-0.05, 0) is 32.7 Å². The summed E-state index contributed by atoms with van der Waals surface area (Å²) in [5, 5.41) is 9.09. The monoisotopic (exact) mass is 240 g/mol. The highest BCUT2D eigenvalue weighted by molar-refractivity contribution is 5.78. The topological polar surface area (TPSA) is 43.8 Å². The van der Waals surface area contributed by atoms with Crippen LogP contribution in [0.5, 0.6) is 0 Å². The second-order valence-corrected chi connectivity index (χ2v) is 5.79. The number of likely N-dealkylation sites (tertiary alicyclic amines) is 2. The van der Waals surface area contributed by atoms with Gasteiger partial charge in [0, 0.05) is 44.6 Å². The average molecular weight is 240 g/mol. The van der Waals surface area contributed by atoms with E-state index in [1.54, 1.807) is 0 Å². The quantitative estimate of drug-likeness (QED) is 0.781. The third-order valence-corrected chi connectivity index (χ3v) is 4.08. The second kappa shape index (κ2) is 5.36. The molecule has 0 aromatic rings. The molecule has 0 aromatic heterocycles. The van der Waals surface area contributed by atoms with Gasteiger partial charge in [0.2, 0.25) is 5.91 Å². The fourth-order valence-corrected chi connectivity index (χ4v) is 2.95. The van der Waals surface area contributed by atoms with Crippen LogP contribution in [0.4, 0.5) is 0 Å². The van der Waals surface area contributed by atoms with Gasteiger partial charge < -0.3 is 14.9 Å². The number of nitrogens with zero attached hydrogens (tertiary/aromatic N) is 2. The molecule has 2 aliphatic heterocycles. The van der Waals surface area contributed by atoms with E-state index in [0.29, 0.717) is 18.4 Å². The van der Waals surface area contributed by atoms with Gasteiger partial charge in [-0.3, -0.25) is 4.79 Å².